The number of hydrogen-bond donors (Lipinski definition) is 6. The van der Waals surface area contributed by atoms with Crippen LogP contribution < -0.4 is 52.4 Å². The predicted molar refractivity (Wildman–Crippen MR) is 520 cm³/mol. The Morgan fingerprint density at radius 3 is 1.04 bits per heavy atom. The summed E-state index contributed by atoms with van der Waals surface area (Å²) >= 11 is 0. The lowest BCUT2D eigenvalue weighted by atomic mass is 9.96. The van der Waals surface area contributed by atoms with Gasteiger partial charge in [0.1, 0.15) is 50.4 Å². The summed E-state index contributed by atoms with van der Waals surface area (Å²) in [5.74, 6) is -1.79. The molecule has 4 aromatic carbocycles. The van der Waals surface area contributed by atoms with Crippen molar-refractivity contribution in [2.24, 2.45) is 5.92 Å². The number of nitrogens with zero attached hydrogens (tertiary/aromatic N) is 12. The number of fused-ring (bicyclic) bond motifs is 4. The number of benzene rings is 4. The van der Waals surface area contributed by atoms with Gasteiger partial charge in [-0.1, -0.05) is 68.4 Å². The highest BCUT2D eigenvalue weighted by molar-refractivity contribution is 6.00. The van der Waals surface area contributed by atoms with Crippen molar-refractivity contribution in [2.75, 3.05) is 6.61 Å². The monoisotopic (exact) mass is 1810 g/mol. The smallest absolute Gasteiger partial charge is 0.344 e. The largest absolute Gasteiger partial charge is 0.619 e. The molecular weight excluding hydrogens is 1710 g/mol. The number of pyridine rings is 12. The number of ether oxygens (including phenoxy) is 1. The molecule has 0 aliphatic carbocycles. The van der Waals surface area contributed by atoms with Gasteiger partial charge in [0.05, 0.1) is 39.4 Å². The molecule has 688 valence electrons. The van der Waals surface area contributed by atoms with Crippen LogP contribution in [0.25, 0.3) is 111 Å². The number of aliphatic hydroxyl groups is 2. The average molecular weight is 1810 g/mol. The molecule has 16 aromatic rings. The molecule has 4 amide bonds. The van der Waals surface area contributed by atoms with Crippen LogP contribution in [0.5, 0.6) is 0 Å². The predicted octanol–water partition coefficient (Wildman–Crippen LogP) is 14.7. The fraction of sp³-hybridized carbons (Fsp3) is 0.229. The second-order valence-corrected chi connectivity index (χ2v) is 35.0. The van der Waals surface area contributed by atoms with Gasteiger partial charge < -0.3 is 64.9 Å². The molecule has 30 nitrogen and oxygen atoms in total. The molecule has 30 heteroatoms. The number of hydrogen-bond acceptors (Lipinski definition) is 20. The average Bonchev–Trinajstić information content (AvgIpc) is 0.776. The van der Waals surface area contributed by atoms with E-state index in [9.17, 15) is 63.8 Å². The van der Waals surface area contributed by atoms with Crippen molar-refractivity contribution in [1.82, 2.24) is 69.4 Å². The summed E-state index contributed by atoms with van der Waals surface area (Å²) in [5.41, 5.74) is 9.65. The summed E-state index contributed by atoms with van der Waals surface area (Å²) < 4.78 is 13.2. The molecule has 0 atom stereocenters. The van der Waals surface area contributed by atoms with Crippen LogP contribution in [0.3, 0.4) is 0 Å². The van der Waals surface area contributed by atoms with Gasteiger partial charge in [-0.15, -0.1) is 0 Å². The van der Waals surface area contributed by atoms with Crippen LogP contribution in [0.4, 0.5) is 0 Å². The van der Waals surface area contributed by atoms with Crippen LogP contribution in [0.1, 0.15) is 172 Å². The quantitative estimate of drug-likeness (QED) is 0.0208. The highest BCUT2D eigenvalue weighted by atomic mass is 16.5. The first-order chi connectivity index (χ1) is 64.3. The molecule has 0 saturated carbocycles. The molecule has 0 bridgehead atoms. The zero-order valence-electron chi connectivity index (χ0n) is 77.4. The summed E-state index contributed by atoms with van der Waals surface area (Å²) in [5, 5.41) is 57.7. The topological polar surface area (TPSA) is 402 Å². The van der Waals surface area contributed by atoms with Crippen molar-refractivity contribution >= 4 is 73.7 Å². The lowest BCUT2D eigenvalue weighted by Gasteiger charge is -2.18. The third-order valence-electron chi connectivity index (χ3n) is 21.3. The van der Waals surface area contributed by atoms with Crippen molar-refractivity contribution in [1.29, 1.82) is 0 Å². The molecule has 0 radical (unpaired) electrons. The fourth-order valence-corrected chi connectivity index (χ4v) is 14.9. The maximum atomic E-state index is 13.0. The Morgan fingerprint density at radius 2 is 0.711 bits per heavy atom. The highest BCUT2D eigenvalue weighted by Crippen LogP contribution is 2.33. The molecule has 0 fully saturated rings. The van der Waals surface area contributed by atoms with Gasteiger partial charge in [-0.3, -0.25) is 48.3 Å². The number of carbonyl (C=O) groups is 5. The molecule has 135 heavy (non-hydrogen) atoms. The summed E-state index contributed by atoms with van der Waals surface area (Å²) in [6.07, 6.45) is 24.0. The molecular formula is C105H104N16O14. The van der Waals surface area contributed by atoms with Crippen LogP contribution in [-0.4, -0.2) is 119 Å². The number of amides is 4. The van der Waals surface area contributed by atoms with E-state index in [4.69, 9.17) is 4.74 Å². The van der Waals surface area contributed by atoms with Gasteiger partial charge in [0.15, 0.2) is 24.8 Å². The van der Waals surface area contributed by atoms with Gasteiger partial charge in [0.2, 0.25) is 21.7 Å². The first-order valence-corrected chi connectivity index (χ1v) is 44.0. The van der Waals surface area contributed by atoms with Crippen molar-refractivity contribution in [2.45, 2.75) is 146 Å². The lowest BCUT2D eigenvalue weighted by Crippen LogP contribution is -2.34. The Morgan fingerprint density at radius 1 is 0.378 bits per heavy atom. The molecule has 0 aliphatic heterocycles. The van der Waals surface area contributed by atoms with Gasteiger partial charge in [-0.2, -0.15) is 9.46 Å². The maximum absolute atomic E-state index is 13.0. The van der Waals surface area contributed by atoms with Gasteiger partial charge in [-0.05, 0) is 246 Å². The van der Waals surface area contributed by atoms with Gasteiger partial charge in [0.25, 0.3) is 23.6 Å². The van der Waals surface area contributed by atoms with Gasteiger partial charge >= 0.3 is 5.97 Å². The van der Waals surface area contributed by atoms with Crippen molar-refractivity contribution < 1.29 is 48.4 Å². The lowest BCUT2D eigenvalue weighted by molar-refractivity contribution is -0.605. The van der Waals surface area contributed by atoms with Crippen LogP contribution in [0.15, 0.2) is 288 Å². The Balaban J connectivity index is 0.000000152. The van der Waals surface area contributed by atoms with Crippen molar-refractivity contribution in [3.63, 3.8) is 0 Å². The van der Waals surface area contributed by atoms with E-state index in [1.165, 1.54) is 31.0 Å². The minimum atomic E-state index is -1.18. The molecule has 0 saturated heterocycles. The Bertz CT molecular complexity index is 7460. The van der Waals surface area contributed by atoms with Gasteiger partial charge in [0, 0.05) is 154 Å². The second kappa shape index (κ2) is 41.5. The summed E-state index contributed by atoms with van der Waals surface area (Å²) in [7, 11) is 0. The highest BCUT2D eigenvalue weighted by Gasteiger charge is 2.27. The molecule has 16 rings (SSSR count). The van der Waals surface area contributed by atoms with E-state index in [1.54, 1.807) is 187 Å². The Labute approximate surface area is 777 Å². The third-order valence-corrected chi connectivity index (χ3v) is 21.3. The zero-order valence-corrected chi connectivity index (χ0v) is 77.4. The minimum absolute atomic E-state index is 0.00804. The number of rotatable bonds is 22. The van der Waals surface area contributed by atoms with Crippen LogP contribution in [0.2, 0.25) is 0 Å². The zero-order chi connectivity index (χ0) is 97.0. The van der Waals surface area contributed by atoms with Crippen molar-refractivity contribution in [3.05, 3.63) is 365 Å². The van der Waals surface area contributed by atoms with Crippen LogP contribution in [0, 0.1) is 16.3 Å². The number of nitrogens with one attached hydrogen (secondary N) is 4. The van der Waals surface area contributed by atoms with E-state index >= 15 is 0 Å². The molecule has 12 aromatic heterocycles. The molecule has 0 spiro atoms. The number of aromatic nitrogens is 12. The maximum Gasteiger partial charge on any atom is 0.344 e. The SMILES string of the molecule is CC(C)Cc1ccc(-c2cccc(-n3cc(C(=O)NC(C)C)c(=O)c4cccnc43)c2)cn1.CC(C)NC(=O)c1cn(-c2cccc(-c3cc(C(C)(C)O)c[n+]([O-])c3)c2)c2ncccc2c1=O.CC(C)NC(=O)c1cn(-c2cccc(-c3cncc(C(C)(C)O)c3)c2)c2ncccc2c1=O.CCOC(=O)c1cc(-c2cccc(-n3cc(C(=O)NC(C)C)c(=O)c4cccnc43)c2)c[n+]([O-])c1. The molecule has 0 unspecified atom stereocenters. The normalized spacial score (nSPS) is 11.4. The van der Waals surface area contributed by atoms with E-state index in [0.717, 1.165) is 57.5 Å². The van der Waals surface area contributed by atoms with E-state index in [2.05, 4.69) is 77.2 Å². The van der Waals surface area contributed by atoms with Gasteiger partial charge in [-0.25, -0.2) is 24.7 Å². The summed E-state index contributed by atoms with van der Waals surface area (Å²) in [6.45, 7) is 27.6. The molecule has 0 aliphatic rings. The second-order valence-electron chi connectivity index (χ2n) is 35.0. The number of esters is 1. The summed E-state index contributed by atoms with van der Waals surface area (Å²) in [4.78, 5) is 142. The number of carbonyl (C=O) groups excluding carboxylic acids is 5. The van der Waals surface area contributed by atoms with E-state index in [-0.39, 0.29) is 74.9 Å². The fourth-order valence-electron chi connectivity index (χ4n) is 14.9. The Kier molecular flexibility index (Phi) is 29.6. The molecule has 12 heterocycles. The minimum Gasteiger partial charge on any atom is -0.619 e. The van der Waals surface area contributed by atoms with Crippen LogP contribution in [-0.2, 0) is 22.4 Å². The molecule has 6 N–H and O–H groups in total. The third kappa shape index (κ3) is 22.9. The standard InChI is InChI=1S/C27H28N4O2.C26H24N4O5.C26H26N4O4.C26H26N4O3/c1-17(2)13-21-11-10-20(15-29-21)19-7-5-8-22(14-19)31-16-24(27(33)30-18(3)4)25(32)23-9-6-12-28-26(23)31;1-4-35-26(33)19-11-18(13-29(34)14-19)17-7-5-8-20(12-17)30-15-22(25(32)28-16(2)3)23(31)21-9-6-10-27-24(21)30;1-16(2)28-25(32)22-15-30(24-21(23(22)31)9-6-10-27-24)20-8-5-7-17(12-20)18-11-19(26(3,4)33)14-29(34)13-18;1-16(2)29-25(32)22-15-30(24-21(23(22)31)9-6-10-28-24)20-8-5-7-17(12-20)18-11-19(14-27-13-18)26(3,4)33/h5-12,14-18H,13H2,1-4H3,(H,30,33);5-16H,4H2,1-3H3,(H,28,32);5-16,33H,1-4H3,(H,28,32);5-16,33H,1-4H3,(H,29,32). The van der Waals surface area contributed by atoms with E-state index in [0.29, 0.717) is 98.7 Å². The summed E-state index contributed by atoms with van der Waals surface area (Å²) in [6, 6.07) is 52.3. The first kappa shape index (κ1) is 96.3. The Hall–Kier alpha value is -16.2. The van der Waals surface area contributed by atoms with E-state index < -0.39 is 46.2 Å². The van der Waals surface area contributed by atoms with Crippen molar-refractivity contribution in [3.8, 4) is 67.3 Å². The van der Waals surface area contributed by atoms with E-state index in [1.807, 2.05) is 140 Å². The van der Waals surface area contributed by atoms with Crippen LogP contribution >= 0.6 is 0 Å². The first-order valence-electron chi connectivity index (χ1n) is 44.0.